The maximum atomic E-state index is 12.3. The number of carbonyl (C=O) groups excluding carboxylic acids is 1. The van der Waals surface area contributed by atoms with Crippen molar-refractivity contribution in [1.29, 1.82) is 5.26 Å². The van der Waals surface area contributed by atoms with E-state index in [2.05, 4.69) is 5.32 Å². The number of aromatic carboxylic acids is 1. The van der Waals surface area contributed by atoms with Gasteiger partial charge in [-0.15, -0.1) is 0 Å². The van der Waals surface area contributed by atoms with Crippen molar-refractivity contribution < 1.29 is 19.4 Å². The van der Waals surface area contributed by atoms with Gasteiger partial charge in [0.1, 0.15) is 17.4 Å². The van der Waals surface area contributed by atoms with Crippen molar-refractivity contribution >= 4 is 23.6 Å². The fraction of sp³-hybridized carbons (Fsp3) is 0.105. The summed E-state index contributed by atoms with van der Waals surface area (Å²) in [5.74, 6) is -1.06. The second kappa shape index (κ2) is 8.31. The largest absolute Gasteiger partial charge is 0.493 e. The van der Waals surface area contributed by atoms with Crippen molar-refractivity contribution in [3.05, 3.63) is 65.2 Å². The van der Waals surface area contributed by atoms with Crippen molar-refractivity contribution in [2.24, 2.45) is 0 Å². The number of nitrogens with zero attached hydrogens (tertiary/aromatic N) is 1. The van der Waals surface area contributed by atoms with E-state index in [1.165, 1.54) is 30.3 Å². The van der Waals surface area contributed by atoms with Gasteiger partial charge in [0.2, 0.25) is 0 Å². The standard InChI is InChI=1S/C19H16N2O4/c1-2-25-17-6-4-3-5-14(17)11-15(12-20)18(22)21-16-9-7-13(8-10-16)19(23)24/h3-11H,2H2,1H3,(H,21,22)(H,23,24). The molecule has 0 heterocycles. The number of hydrogen-bond donors (Lipinski definition) is 2. The zero-order chi connectivity index (χ0) is 18.2. The van der Waals surface area contributed by atoms with Crippen LogP contribution < -0.4 is 10.1 Å². The lowest BCUT2D eigenvalue weighted by molar-refractivity contribution is -0.112. The minimum Gasteiger partial charge on any atom is -0.493 e. The number of amides is 1. The summed E-state index contributed by atoms with van der Waals surface area (Å²) in [6.45, 7) is 2.31. The first kappa shape index (κ1) is 17.8. The number of ether oxygens (including phenoxy) is 1. The van der Waals surface area contributed by atoms with E-state index in [4.69, 9.17) is 9.84 Å². The zero-order valence-corrected chi connectivity index (χ0v) is 13.5. The molecule has 0 saturated heterocycles. The summed E-state index contributed by atoms with van der Waals surface area (Å²) in [6.07, 6.45) is 1.45. The smallest absolute Gasteiger partial charge is 0.335 e. The predicted octanol–water partition coefficient (Wildman–Crippen LogP) is 3.33. The van der Waals surface area contributed by atoms with Crippen LogP contribution >= 0.6 is 0 Å². The van der Waals surface area contributed by atoms with Crippen LogP contribution in [-0.4, -0.2) is 23.6 Å². The molecule has 25 heavy (non-hydrogen) atoms. The second-order valence-electron chi connectivity index (χ2n) is 4.98. The summed E-state index contributed by atoms with van der Waals surface area (Å²) in [6, 6.07) is 14.6. The van der Waals surface area contributed by atoms with Crippen molar-refractivity contribution in [3.8, 4) is 11.8 Å². The van der Waals surface area contributed by atoms with E-state index in [1.807, 2.05) is 13.0 Å². The topological polar surface area (TPSA) is 99.4 Å². The van der Waals surface area contributed by atoms with Gasteiger partial charge >= 0.3 is 5.97 Å². The molecule has 6 nitrogen and oxygen atoms in total. The third kappa shape index (κ3) is 4.69. The quantitative estimate of drug-likeness (QED) is 0.622. The molecule has 2 N–H and O–H groups in total. The average Bonchev–Trinajstić information content (AvgIpc) is 2.61. The number of hydrogen-bond acceptors (Lipinski definition) is 4. The highest BCUT2D eigenvalue weighted by molar-refractivity contribution is 6.10. The molecular formula is C19H16N2O4. The maximum Gasteiger partial charge on any atom is 0.335 e. The van der Waals surface area contributed by atoms with Crippen LogP contribution in [0.3, 0.4) is 0 Å². The lowest BCUT2D eigenvalue weighted by Gasteiger charge is -2.08. The third-order valence-corrected chi connectivity index (χ3v) is 3.27. The molecule has 0 spiro atoms. The van der Waals surface area contributed by atoms with Crippen LogP contribution in [0, 0.1) is 11.3 Å². The molecule has 0 aliphatic carbocycles. The van der Waals surface area contributed by atoms with Crippen LogP contribution in [0.2, 0.25) is 0 Å². The highest BCUT2D eigenvalue weighted by Gasteiger charge is 2.11. The van der Waals surface area contributed by atoms with E-state index in [-0.39, 0.29) is 11.1 Å². The summed E-state index contributed by atoms with van der Waals surface area (Å²) in [7, 11) is 0. The lowest BCUT2D eigenvalue weighted by atomic mass is 10.1. The normalized spacial score (nSPS) is 10.6. The van der Waals surface area contributed by atoms with Crippen molar-refractivity contribution in [2.75, 3.05) is 11.9 Å². The first-order chi connectivity index (χ1) is 12.0. The monoisotopic (exact) mass is 336 g/mol. The Morgan fingerprint density at radius 3 is 2.48 bits per heavy atom. The van der Waals surface area contributed by atoms with E-state index < -0.39 is 11.9 Å². The van der Waals surface area contributed by atoms with E-state index in [1.54, 1.807) is 24.3 Å². The minimum absolute atomic E-state index is 0.0885. The number of nitriles is 1. The minimum atomic E-state index is -1.05. The first-order valence-electron chi connectivity index (χ1n) is 7.53. The molecule has 0 bridgehead atoms. The van der Waals surface area contributed by atoms with Crippen LogP contribution in [0.5, 0.6) is 5.75 Å². The SMILES string of the molecule is CCOc1ccccc1C=C(C#N)C(=O)Nc1ccc(C(=O)O)cc1. The average molecular weight is 336 g/mol. The number of nitrogens with one attached hydrogen (secondary N) is 1. The van der Waals surface area contributed by atoms with Crippen molar-refractivity contribution in [2.45, 2.75) is 6.92 Å². The Hall–Kier alpha value is -3.59. The van der Waals surface area contributed by atoms with Crippen LogP contribution in [-0.2, 0) is 4.79 Å². The molecule has 0 radical (unpaired) electrons. The summed E-state index contributed by atoms with van der Waals surface area (Å²) >= 11 is 0. The van der Waals surface area contributed by atoms with Gasteiger partial charge in [-0.05, 0) is 43.3 Å². The van der Waals surface area contributed by atoms with Gasteiger partial charge in [0.25, 0.3) is 5.91 Å². The predicted molar refractivity (Wildman–Crippen MR) is 93.2 cm³/mol. The molecule has 2 aromatic carbocycles. The van der Waals surface area contributed by atoms with Gasteiger partial charge in [0, 0.05) is 11.3 Å². The molecule has 0 aromatic heterocycles. The summed E-state index contributed by atoms with van der Waals surface area (Å²) in [5.41, 5.74) is 1.04. The van der Waals surface area contributed by atoms with Crippen LogP contribution in [0.1, 0.15) is 22.8 Å². The number of carboxylic acids is 1. The fourth-order valence-electron chi connectivity index (χ4n) is 2.09. The zero-order valence-electron chi connectivity index (χ0n) is 13.5. The third-order valence-electron chi connectivity index (χ3n) is 3.27. The van der Waals surface area contributed by atoms with E-state index in [9.17, 15) is 14.9 Å². The van der Waals surface area contributed by atoms with Gasteiger partial charge in [0.15, 0.2) is 0 Å². The second-order valence-corrected chi connectivity index (χ2v) is 4.98. The Bertz CT molecular complexity index is 848. The molecule has 0 aliphatic heterocycles. The van der Waals surface area contributed by atoms with Gasteiger partial charge < -0.3 is 15.2 Å². The van der Waals surface area contributed by atoms with Crippen LogP contribution in [0.15, 0.2) is 54.1 Å². The molecule has 0 fully saturated rings. The Balaban J connectivity index is 2.21. The Labute approximate surface area is 145 Å². The number of carboxylic acid groups (broad SMARTS) is 1. The van der Waals surface area contributed by atoms with Crippen molar-refractivity contribution in [3.63, 3.8) is 0 Å². The Morgan fingerprint density at radius 2 is 1.88 bits per heavy atom. The molecule has 0 atom stereocenters. The summed E-state index contributed by atoms with van der Waals surface area (Å²) in [5, 5.41) is 20.7. The Kier molecular flexibility index (Phi) is 5.91. The Morgan fingerprint density at radius 1 is 1.20 bits per heavy atom. The molecule has 2 aromatic rings. The summed E-state index contributed by atoms with van der Waals surface area (Å²) < 4.78 is 5.47. The highest BCUT2D eigenvalue weighted by Crippen LogP contribution is 2.21. The highest BCUT2D eigenvalue weighted by atomic mass is 16.5. The van der Waals surface area contributed by atoms with Crippen LogP contribution in [0.25, 0.3) is 6.08 Å². The molecule has 1 amide bonds. The van der Waals surface area contributed by atoms with E-state index in [0.717, 1.165) is 0 Å². The first-order valence-corrected chi connectivity index (χ1v) is 7.53. The molecule has 126 valence electrons. The molecule has 0 aliphatic rings. The number of rotatable bonds is 6. The fourth-order valence-corrected chi connectivity index (χ4v) is 2.09. The molecule has 0 unspecified atom stereocenters. The molecular weight excluding hydrogens is 320 g/mol. The van der Waals surface area contributed by atoms with Gasteiger partial charge in [0.05, 0.1) is 12.2 Å². The lowest BCUT2D eigenvalue weighted by Crippen LogP contribution is -2.13. The molecule has 2 rings (SSSR count). The van der Waals surface area contributed by atoms with Gasteiger partial charge in [-0.3, -0.25) is 4.79 Å². The molecule has 0 saturated carbocycles. The summed E-state index contributed by atoms with van der Waals surface area (Å²) in [4.78, 5) is 23.1. The number of carbonyl (C=O) groups is 2. The van der Waals surface area contributed by atoms with Crippen LogP contribution in [0.4, 0.5) is 5.69 Å². The number of para-hydroxylation sites is 1. The van der Waals surface area contributed by atoms with Gasteiger partial charge in [-0.25, -0.2) is 4.79 Å². The number of benzene rings is 2. The van der Waals surface area contributed by atoms with E-state index in [0.29, 0.717) is 23.6 Å². The van der Waals surface area contributed by atoms with Gasteiger partial charge in [-0.2, -0.15) is 5.26 Å². The maximum absolute atomic E-state index is 12.3. The van der Waals surface area contributed by atoms with Crippen molar-refractivity contribution in [1.82, 2.24) is 0 Å². The molecule has 6 heteroatoms. The van der Waals surface area contributed by atoms with E-state index >= 15 is 0 Å². The van der Waals surface area contributed by atoms with Gasteiger partial charge in [-0.1, -0.05) is 18.2 Å². The number of anilines is 1.